The Morgan fingerprint density at radius 2 is 2.25 bits per heavy atom. The van der Waals surface area contributed by atoms with E-state index in [-0.39, 0.29) is 0 Å². The van der Waals surface area contributed by atoms with Crippen molar-refractivity contribution in [3.8, 4) is 0 Å². The van der Waals surface area contributed by atoms with E-state index in [1.807, 2.05) is 6.92 Å². The number of rotatable bonds is 5. The smallest absolute Gasteiger partial charge is 0.334 e. The fourth-order valence-electron chi connectivity index (χ4n) is 2.06. The van der Waals surface area contributed by atoms with Crippen molar-refractivity contribution in [1.82, 2.24) is 9.80 Å². The third-order valence-corrected chi connectivity index (χ3v) is 3.01. The molecule has 5 heteroatoms. The first-order chi connectivity index (χ1) is 7.54. The lowest BCUT2D eigenvalue weighted by Gasteiger charge is -2.39. The fourth-order valence-corrected chi connectivity index (χ4v) is 2.06. The maximum absolute atomic E-state index is 11.0. The average Bonchev–Trinajstić information content (AvgIpc) is 2.20. The molecule has 0 aliphatic carbocycles. The third kappa shape index (κ3) is 3.73. The van der Waals surface area contributed by atoms with Crippen LogP contribution in [-0.2, 0) is 9.53 Å². The van der Waals surface area contributed by atoms with Crippen LogP contribution in [0.15, 0.2) is 0 Å². The Balaban J connectivity index is 2.47. The first-order valence-electron chi connectivity index (χ1n) is 5.81. The van der Waals surface area contributed by atoms with E-state index < -0.39 is 12.1 Å². The summed E-state index contributed by atoms with van der Waals surface area (Å²) in [7, 11) is 2.09. The van der Waals surface area contributed by atoms with Gasteiger partial charge < -0.3 is 14.7 Å². The summed E-state index contributed by atoms with van der Waals surface area (Å²) in [6.45, 7) is 7.76. The van der Waals surface area contributed by atoms with Gasteiger partial charge in [-0.3, -0.25) is 4.90 Å². The largest absolute Gasteiger partial charge is 0.479 e. The Morgan fingerprint density at radius 3 is 2.75 bits per heavy atom. The summed E-state index contributed by atoms with van der Waals surface area (Å²) >= 11 is 0. The standard InChI is InChI=1S/C11H22N2O3/c1-4-16-10(11(14)15)8-13-6-5-12(3)7-9(13)2/h9-10H,4-8H2,1-3H3,(H,14,15). The van der Waals surface area contributed by atoms with Crippen molar-refractivity contribution in [2.24, 2.45) is 0 Å². The molecule has 1 heterocycles. The number of carboxylic acid groups (broad SMARTS) is 1. The van der Waals surface area contributed by atoms with Crippen molar-refractivity contribution in [1.29, 1.82) is 0 Å². The van der Waals surface area contributed by atoms with Crippen LogP contribution in [-0.4, -0.2) is 72.9 Å². The maximum atomic E-state index is 11.0. The van der Waals surface area contributed by atoms with Gasteiger partial charge in [-0.2, -0.15) is 0 Å². The minimum atomic E-state index is -0.868. The molecule has 2 unspecified atom stereocenters. The molecule has 94 valence electrons. The van der Waals surface area contributed by atoms with Crippen molar-refractivity contribution in [3.05, 3.63) is 0 Å². The molecular weight excluding hydrogens is 208 g/mol. The van der Waals surface area contributed by atoms with Crippen LogP contribution in [0.3, 0.4) is 0 Å². The lowest BCUT2D eigenvalue weighted by atomic mass is 10.2. The van der Waals surface area contributed by atoms with E-state index in [1.54, 1.807) is 0 Å². The Bertz CT molecular complexity index is 235. The number of likely N-dealkylation sites (N-methyl/N-ethyl adjacent to an activating group) is 1. The lowest BCUT2D eigenvalue weighted by Crippen LogP contribution is -2.53. The van der Waals surface area contributed by atoms with Crippen molar-refractivity contribution >= 4 is 5.97 Å². The van der Waals surface area contributed by atoms with Gasteiger partial charge in [0.25, 0.3) is 0 Å². The predicted octanol–water partition coefficient (Wildman–Crippen LogP) is 0.112. The summed E-state index contributed by atoms with van der Waals surface area (Å²) in [6.07, 6.45) is -0.698. The van der Waals surface area contributed by atoms with Crippen LogP contribution in [0, 0.1) is 0 Å². The molecule has 0 aromatic heterocycles. The van der Waals surface area contributed by atoms with E-state index in [1.165, 1.54) is 0 Å². The molecule has 1 aliphatic rings. The number of aliphatic carboxylic acids is 1. The first-order valence-corrected chi connectivity index (χ1v) is 5.81. The van der Waals surface area contributed by atoms with Gasteiger partial charge in [0.2, 0.25) is 0 Å². The number of carbonyl (C=O) groups is 1. The molecule has 0 spiro atoms. The molecule has 5 nitrogen and oxygen atoms in total. The number of ether oxygens (including phenoxy) is 1. The molecule has 0 radical (unpaired) electrons. The van der Waals surface area contributed by atoms with Crippen molar-refractivity contribution < 1.29 is 14.6 Å². The van der Waals surface area contributed by atoms with Crippen LogP contribution in [0.4, 0.5) is 0 Å². The summed E-state index contributed by atoms with van der Waals surface area (Å²) in [5, 5.41) is 9.01. The minimum absolute atomic E-state index is 0.390. The molecule has 16 heavy (non-hydrogen) atoms. The second-order valence-electron chi connectivity index (χ2n) is 4.39. The quantitative estimate of drug-likeness (QED) is 0.726. The molecule has 0 amide bonds. The van der Waals surface area contributed by atoms with Crippen LogP contribution in [0.25, 0.3) is 0 Å². The van der Waals surface area contributed by atoms with Gasteiger partial charge >= 0.3 is 5.97 Å². The van der Waals surface area contributed by atoms with Gasteiger partial charge in [0, 0.05) is 38.8 Å². The van der Waals surface area contributed by atoms with E-state index in [2.05, 4.69) is 23.8 Å². The minimum Gasteiger partial charge on any atom is -0.479 e. The van der Waals surface area contributed by atoms with Gasteiger partial charge in [-0.05, 0) is 20.9 Å². The van der Waals surface area contributed by atoms with E-state index >= 15 is 0 Å². The number of hydrogen-bond acceptors (Lipinski definition) is 4. The van der Waals surface area contributed by atoms with Gasteiger partial charge in [-0.15, -0.1) is 0 Å². The van der Waals surface area contributed by atoms with Gasteiger partial charge in [0.15, 0.2) is 6.10 Å². The molecular formula is C11H22N2O3. The van der Waals surface area contributed by atoms with E-state index in [9.17, 15) is 4.79 Å². The molecule has 0 saturated carbocycles. The van der Waals surface area contributed by atoms with Gasteiger partial charge in [-0.1, -0.05) is 0 Å². The van der Waals surface area contributed by atoms with Crippen LogP contribution in [0.2, 0.25) is 0 Å². The predicted molar refractivity (Wildman–Crippen MR) is 61.6 cm³/mol. The maximum Gasteiger partial charge on any atom is 0.334 e. The van der Waals surface area contributed by atoms with Crippen LogP contribution >= 0.6 is 0 Å². The molecule has 1 saturated heterocycles. The molecule has 1 N–H and O–H groups in total. The summed E-state index contributed by atoms with van der Waals surface area (Å²) < 4.78 is 5.23. The summed E-state index contributed by atoms with van der Waals surface area (Å²) in [5.41, 5.74) is 0. The Kier molecular flexibility index (Phi) is 5.18. The number of carboxylic acids is 1. The highest BCUT2D eigenvalue weighted by Crippen LogP contribution is 2.09. The number of hydrogen-bond donors (Lipinski definition) is 1. The summed E-state index contributed by atoms with van der Waals surface area (Å²) in [6, 6.07) is 0.390. The Hall–Kier alpha value is -0.650. The molecule has 0 aromatic carbocycles. The molecule has 2 atom stereocenters. The zero-order valence-corrected chi connectivity index (χ0v) is 10.3. The van der Waals surface area contributed by atoms with Crippen molar-refractivity contribution in [2.45, 2.75) is 26.0 Å². The number of piperazine rings is 1. The first kappa shape index (κ1) is 13.4. The zero-order chi connectivity index (χ0) is 12.1. The second-order valence-corrected chi connectivity index (χ2v) is 4.39. The Morgan fingerprint density at radius 1 is 1.56 bits per heavy atom. The van der Waals surface area contributed by atoms with Crippen LogP contribution in [0.1, 0.15) is 13.8 Å². The highest BCUT2D eigenvalue weighted by atomic mass is 16.5. The summed E-state index contributed by atoms with van der Waals surface area (Å²) in [4.78, 5) is 15.4. The third-order valence-electron chi connectivity index (χ3n) is 3.01. The zero-order valence-electron chi connectivity index (χ0n) is 10.3. The van der Waals surface area contributed by atoms with Crippen LogP contribution < -0.4 is 0 Å². The number of nitrogens with zero attached hydrogens (tertiary/aromatic N) is 2. The van der Waals surface area contributed by atoms with E-state index in [0.717, 1.165) is 19.6 Å². The highest BCUT2D eigenvalue weighted by Gasteiger charge is 2.27. The SMILES string of the molecule is CCOC(CN1CCN(C)CC1C)C(=O)O. The second kappa shape index (κ2) is 6.18. The lowest BCUT2D eigenvalue weighted by molar-refractivity contribution is -0.152. The van der Waals surface area contributed by atoms with Crippen molar-refractivity contribution in [3.63, 3.8) is 0 Å². The summed E-state index contributed by atoms with van der Waals surface area (Å²) in [5.74, 6) is -0.868. The monoisotopic (exact) mass is 230 g/mol. The van der Waals surface area contributed by atoms with E-state index in [4.69, 9.17) is 9.84 Å². The topological polar surface area (TPSA) is 53.0 Å². The van der Waals surface area contributed by atoms with E-state index in [0.29, 0.717) is 19.2 Å². The molecule has 1 rings (SSSR count). The highest BCUT2D eigenvalue weighted by molar-refractivity contribution is 5.72. The fraction of sp³-hybridized carbons (Fsp3) is 0.909. The van der Waals surface area contributed by atoms with Crippen molar-refractivity contribution in [2.75, 3.05) is 39.8 Å². The molecule has 1 fully saturated rings. The Labute approximate surface area is 97.0 Å². The van der Waals surface area contributed by atoms with Gasteiger partial charge in [-0.25, -0.2) is 4.79 Å². The normalized spacial score (nSPS) is 25.6. The van der Waals surface area contributed by atoms with Gasteiger partial charge in [0.1, 0.15) is 0 Å². The van der Waals surface area contributed by atoms with Gasteiger partial charge in [0.05, 0.1) is 0 Å². The molecule has 1 aliphatic heterocycles. The van der Waals surface area contributed by atoms with Crippen LogP contribution in [0.5, 0.6) is 0 Å². The molecule has 0 aromatic rings. The average molecular weight is 230 g/mol. The molecule has 0 bridgehead atoms.